The Balaban J connectivity index is 0. The fourth-order valence-electron chi connectivity index (χ4n) is 3.37. The van der Waals surface area contributed by atoms with E-state index in [1.54, 1.807) is 0 Å². The van der Waals surface area contributed by atoms with Crippen molar-refractivity contribution in [3.05, 3.63) is 0 Å². The molecule has 0 aliphatic heterocycles. The average molecular weight is 616 g/mol. The van der Waals surface area contributed by atoms with Gasteiger partial charge >= 0.3 is 41.4 Å². The van der Waals surface area contributed by atoms with Gasteiger partial charge in [0.1, 0.15) is 13.2 Å². The van der Waals surface area contributed by atoms with Crippen molar-refractivity contribution in [3.63, 3.8) is 0 Å². The molecule has 0 aromatic carbocycles. The van der Waals surface area contributed by atoms with Gasteiger partial charge in [0.2, 0.25) is 0 Å². The van der Waals surface area contributed by atoms with Crippen molar-refractivity contribution in [1.82, 2.24) is 0 Å². The molecule has 0 aliphatic carbocycles. The molecule has 8 nitrogen and oxygen atoms in total. The molecule has 0 aromatic rings. The van der Waals surface area contributed by atoms with Gasteiger partial charge in [-0.25, -0.2) is 4.57 Å². The molecule has 0 saturated carbocycles. The predicted molar refractivity (Wildman–Crippen MR) is 143 cm³/mol. The van der Waals surface area contributed by atoms with Gasteiger partial charge in [0.15, 0.2) is 0 Å². The number of hydrogen-bond acceptors (Lipinski definition) is 8. The van der Waals surface area contributed by atoms with E-state index in [-0.39, 0.29) is 36.9 Å². The van der Waals surface area contributed by atoms with Crippen LogP contribution in [-0.2, 0) is 53.0 Å². The quantitative estimate of drug-likeness (QED) is 0.0487. The second kappa shape index (κ2) is 28.7. The molecule has 0 aliphatic rings. The van der Waals surface area contributed by atoms with E-state index in [1.807, 2.05) is 0 Å². The van der Waals surface area contributed by atoms with Crippen LogP contribution in [0.5, 0.6) is 0 Å². The summed E-state index contributed by atoms with van der Waals surface area (Å²) in [7, 11) is -9.81. The molecule has 0 rings (SSSR count). The second-order valence-electron chi connectivity index (χ2n) is 8.86. The molecular formula is C24H51FeO8P3+4. The van der Waals surface area contributed by atoms with Crippen molar-refractivity contribution in [2.75, 3.05) is 19.8 Å². The van der Waals surface area contributed by atoms with Crippen molar-refractivity contribution in [1.29, 1.82) is 0 Å². The van der Waals surface area contributed by atoms with E-state index in [1.165, 1.54) is 44.9 Å². The summed E-state index contributed by atoms with van der Waals surface area (Å²) in [6, 6.07) is 0. The van der Waals surface area contributed by atoms with E-state index < -0.39 is 24.3 Å². The van der Waals surface area contributed by atoms with Crippen LogP contribution >= 0.6 is 24.3 Å². The van der Waals surface area contributed by atoms with Crippen LogP contribution in [0.1, 0.15) is 136 Å². The van der Waals surface area contributed by atoms with Crippen molar-refractivity contribution >= 4 is 24.3 Å². The van der Waals surface area contributed by atoms with E-state index in [0.717, 1.165) is 64.2 Å². The van der Waals surface area contributed by atoms with Crippen LogP contribution in [0.2, 0.25) is 0 Å². The zero-order chi connectivity index (χ0) is 26.0. The van der Waals surface area contributed by atoms with Gasteiger partial charge < -0.3 is 0 Å². The second-order valence-corrected chi connectivity index (χ2v) is 12.7. The first-order valence-corrected chi connectivity index (χ1v) is 17.5. The molecule has 0 heterocycles. The molecule has 0 radical (unpaired) electrons. The van der Waals surface area contributed by atoms with Crippen molar-refractivity contribution in [3.8, 4) is 0 Å². The van der Waals surface area contributed by atoms with Crippen LogP contribution in [0, 0.1) is 0 Å². The SMILES string of the molecule is CCCCCCCCO[P+](=O)OP(=O)(OCCCCCCCC)O[P+](=O)OCCCCCCCC.[Fe+2]. The predicted octanol–water partition coefficient (Wildman–Crippen LogP) is 10.6. The molecule has 12 heteroatoms. The van der Waals surface area contributed by atoms with Gasteiger partial charge in [-0.05, 0) is 19.3 Å². The van der Waals surface area contributed by atoms with Crippen LogP contribution in [0.25, 0.3) is 0 Å². The van der Waals surface area contributed by atoms with Crippen LogP contribution < -0.4 is 0 Å². The maximum Gasteiger partial charge on any atom is 2.00 e. The minimum Gasteiger partial charge on any atom is -0.282 e. The first-order chi connectivity index (χ1) is 17.0. The van der Waals surface area contributed by atoms with Crippen LogP contribution in [0.4, 0.5) is 0 Å². The molecule has 0 bridgehead atoms. The van der Waals surface area contributed by atoms with Crippen LogP contribution in [0.15, 0.2) is 0 Å². The van der Waals surface area contributed by atoms with E-state index in [9.17, 15) is 13.7 Å². The fraction of sp³-hybridized carbons (Fsp3) is 1.00. The van der Waals surface area contributed by atoms with Crippen molar-refractivity contribution in [2.45, 2.75) is 136 Å². The molecule has 0 N–H and O–H groups in total. The van der Waals surface area contributed by atoms with Crippen LogP contribution in [0.3, 0.4) is 0 Å². The summed E-state index contributed by atoms with van der Waals surface area (Å²) in [5.74, 6) is 0. The maximum absolute atomic E-state index is 13.0. The maximum atomic E-state index is 13.0. The summed E-state index contributed by atoms with van der Waals surface area (Å²) in [4.78, 5) is 0. The smallest absolute Gasteiger partial charge is 0.282 e. The summed E-state index contributed by atoms with van der Waals surface area (Å²) in [6.45, 7) is 7.00. The molecule has 36 heavy (non-hydrogen) atoms. The normalized spacial score (nSPS) is 13.8. The summed E-state index contributed by atoms with van der Waals surface area (Å²) in [5, 5.41) is 0. The molecule has 0 spiro atoms. The summed E-state index contributed by atoms with van der Waals surface area (Å²) in [5.41, 5.74) is 0. The van der Waals surface area contributed by atoms with E-state index >= 15 is 0 Å². The Labute approximate surface area is 233 Å². The first-order valence-electron chi connectivity index (χ1n) is 13.8. The van der Waals surface area contributed by atoms with Gasteiger partial charge in [-0.15, -0.1) is 9.05 Å². The largest absolute Gasteiger partial charge is 2.00 e. The summed E-state index contributed by atoms with van der Waals surface area (Å²) >= 11 is 0. The average Bonchev–Trinajstić information content (AvgIpc) is 2.82. The third kappa shape index (κ3) is 26.4. The fourth-order valence-corrected chi connectivity index (χ4v) is 6.73. The Morgan fingerprint density at radius 1 is 0.500 bits per heavy atom. The zero-order valence-corrected chi connectivity index (χ0v) is 26.6. The number of phosphoric acid groups is 1. The first kappa shape index (κ1) is 38.9. The van der Waals surface area contributed by atoms with Gasteiger partial charge in [0.25, 0.3) is 0 Å². The molecule has 2 unspecified atom stereocenters. The van der Waals surface area contributed by atoms with E-state index in [2.05, 4.69) is 20.8 Å². The minimum atomic E-state index is -4.35. The monoisotopic (exact) mass is 616 g/mol. The molecule has 0 saturated heterocycles. The number of rotatable bonds is 28. The number of unbranched alkanes of at least 4 members (excludes halogenated alkanes) is 15. The Hall–Kier alpha value is 0.749. The topological polar surface area (TPSA) is 97.4 Å². The van der Waals surface area contributed by atoms with Gasteiger partial charge in [-0.2, -0.15) is 0 Å². The molecule has 0 amide bonds. The molecular weight excluding hydrogens is 565 g/mol. The molecule has 0 fully saturated rings. The third-order valence-corrected chi connectivity index (χ3v) is 9.42. The Bertz CT molecular complexity index is 533. The van der Waals surface area contributed by atoms with Gasteiger partial charge in [-0.1, -0.05) is 117 Å². The van der Waals surface area contributed by atoms with Crippen molar-refractivity contribution in [2.24, 2.45) is 0 Å². The van der Waals surface area contributed by atoms with Crippen molar-refractivity contribution < 1.29 is 53.0 Å². The van der Waals surface area contributed by atoms with Crippen LogP contribution in [-0.4, -0.2) is 19.8 Å². The molecule has 214 valence electrons. The molecule has 2 atom stereocenters. The number of hydrogen-bond donors (Lipinski definition) is 0. The Morgan fingerprint density at radius 2 is 0.806 bits per heavy atom. The third-order valence-electron chi connectivity index (χ3n) is 5.47. The van der Waals surface area contributed by atoms with Gasteiger partial charge in [0, 0.05) is 17.8 Å². The Kier molecular flexibility index (Phi) is 31.1. The standard InChI is InChI=1S/C24H51O8P3.Fe/c1-4-7-10-13-16-19-22-28-33(25)31-35(27,30-24-21-18-15-12-9-6-3)32-34(26)29-23-20-17-14-11-8-5-2;/h4-24H2,1-3H3;/q2*+2. The van der Waals surface area contributed by atoms with Gasteiger partial charge in [0.05, 0.1) is 6.61 Å². The molecule has 0 aromatic heterocycles. The van der Waals surface area contributed by atoms with E-state index in [0.29, 0.717) is 6.42 Å². The summed E-state index contributed by atoms with van der Waals surface area (Å²) in [6.07, 6.45) is 18.7. The van der Waals surface area contributed by atoms with E-state index in [4.69, 9.17) is 22.2 Å². The van der Waals surface area contributed by atoms with Gasteiger partial charge in [-0.3, -0.25) is 4.52 Å². The minimum absolute atomic E-state index is 0. The Morgan fingerprint density at radius 3 is 1.17 bits per heavy atom. The zero-order valence-electron chi connectivity index (χ0n) is 22.8. The summed E-state index contributed by atoms with van der Waals surface area (Å²) < 4.78 is 63.0.